The molecular formula is C12H19N3O2. The first kappa shape index (κ1) is 12.1. The molecule has 1 aliphatic rings. The number of aromatic nitrogens is 1. The molecule has 0 spiro atoms. The Balaban J connectivity index is 2.15. The van der Waals surface area contributed by atoms with Crippen LogP contribution in [0.15, 0.2) is 10.8 Å². The smallest absolute Gasteiger partial charge is 0.276 e. The van der Waals surface area contributed by atoms with E-state index >= 15 is 0 Å². The number of hydrogen-bond donors (Lipinski definition) is 1. The van der Waals surface area contributed by atoms with Gasteiger partial charge < -0.3 is 15.1 Å². The van der Waals surface area contributed by atoms with Crippen molar-refractivity contribution in [3.63, 3.8) is 0 Å². The molecule has 2 unspecified atom stereocenters. The zero-order valence-corrected chi connectivity index (χ0v) is 10.3. The summed E-state index contributed by atoms with van der Waals surface area (Å²) in [5.74, 6) is 1.04. The minimum atomic E-state index is -0.0287. The first-order valence-corrected chi connectivity index (χ1v) is 6.10. The summed E-state index contributed by atoms with van der Waals surface area (Å²) >= 11 is 0. The van der Waals surface area contributed by atoms with Crippen LogP contribution in [-0.2, 0) is 6.42 Å². The third-order valence-corrected chi connectivity index (χ3v) is 3.42. The number of aryl methyl sites for hydroxylation is 1. The Morgan fingerprint density at radius 1 is 1.71 bits per heavy atom. The van der Waals surface area contributed by atoms with Crippen LogP contribution in [0.5, 0.6) is 0 Å². The van der Waals surface area contributed by atoms with Crippen LogP contribution < -0.4 is 5.73 Å². The van der Waals surface area contributed by atoms with Crippen LogP contribution in [-0.4, -0.2) is 34.9 Å². The van der Waals surface area contributed by atoms with Crippen LogP contribution in [0, 0.1) is 5.92 Å². The van der Waals surface area contributed by atoms with Gasteiger partial charge in [0.05, 0.1) is 0 Å². The van der Waals surface area contributed by atoms with Crippen LogP contribution in [0.1, 0.15) is 36.5 Å². The zero-order chi connectivity index (χ0) is 12.4. The molecule has 0 aliphatic carbocycles. The quantitative estimate of drug-likeness (QED) is 0.852. The van der Waals surface area contributed by atoms with Gasteiger partial charge in [-0.1, -0.05) is 6.92 Å². The maximum Gasteiger partial charge on any atom is 0.276 e. The van der Waals surface area contributed by atoms with Crippen molar-refractivity contribution >= 4 is 5.91 Å². The summed E-state index contributed by atoms with van der Waals surface area (Å²) < 4.78 is 5.20. The standard InChI is InChI=1S/C12H19N3O2/c1-3-10-11(14-7-17-10)12(16)15-6-9(5-13)4-8(15)2/h7-9H,3-6,13H2,1-2H3. The largest absolute Gasteiger partial charge is 0.448 e. The lowest BCUT2D eigenvalue weighted by Crippen LogP contribution is -2.35. The summed E-state index contributed by atoms with van der Waals surface area (Å²) in [6.45, 7) is 5.37. The maximum absolute atomic E-state index is 12.3. The van der Waals surface area contributed by atoms with E-state index in [0.29, 0.717) is 30.3 Å². The Morgan fingerprint density at radius 3 is 3.06 bits per heavy atom. The highest BCUT2D eigenvalue weighted by Gasteiger charge is 2.34. The highest BCUT2D eigenvalue weighted by atomic mass is 16.3. The van der Waals surface area contributed by atoms with Crippen molar-refractivity contribution in [2.24, 2.45) is 11.7 Å². The van der Waals surface area contributed by atoms with Crippen molar-refractivity contribution in [3.05, 3.63) is 17.8 Å². The van der Waals surface area contributed by atoms with Crippen LogP contribution in [0.25, 0.3) is 0 Å². The summed E-state index contributed by atoms with van der Waals surface area (Å²) in [7, 11) is 0. The summed E-state index contributed by atoms with van der Waals surface area (Å²) in [6, 6.07) is 0.234. The Labute approximate surface area is 101 Å². The van der Waals surface area contributed by atoms with Gasteiger partial charge in [-0.05, 0) is 25.8 Å². The molecule has 1 aliphatic heterocycles. The van der Waals surface area contributed by atoms with E-state index in [2.05, 4.69) is 11.9 Å². The minimum absolute atomic E-state index is 0.0287. The number of likely N-dealkylation sites (tertiary alicyclic amines) is 1. The predicted octanol–water partition coefficient (Wildman–Crippen LogP) is 1.05. The molecule has 0 aromatic carbocycles. The summed E-state index contributed by atoms with van der Waals surface area (Å²) in [4.78, 5) is 18.2. The molecule has 1 aromatic rings. The monoisotopic (exact) mass is 237 g/mol. The minimum Gasteiger partial charge on any atom is -0.448 e. The van der Waals surface area contributed by atoms with Gasteiger partial charge in [-0.2, -0.15) is 0 Å². The first-order chi connectivity index (χ1) is 8.17. The summed E-state index contributed by atoms with van der Waals surface area (Å²) in [5, 5.41) is 0. The van der Waals surface area contributed by atoms with Gasteiger partial charge in [-0.3, -0.25) is 4.79 Å². The Morgan fingerprint density at radius 2 is 2.47 bits per heavy atom. The van der Waals surface area contributed by atoms with E-state index in [1.165, 1.54) is 6.39 Å². The highest BCUT2D eigenvalue weighted by molar-refractivity contribution is 5.93. The normalized spacial score (nSPS) is 24.3. The molecule has 1 aromatic heterocycles. The molecule has 2 N–H and O–H groups in total. The van der Waals surface area contributed by atoms with Crippen LogP contribution in [0.4, 0.5) is 0 Å². The molecule has 1 fully saturated rings. The van der Waals surface area contributed by atoms with E-state index in [1.54, 1.807) is 0 Å². The van der Waals surface area contributed by atoms with Gasteiger partial charge in [0.1, 0.15) is 5.76 Å². The SMILES string of the molecule is CCc1ocnc1C(=O)N1CC(CN)CC1C. The second kappa shape index (κ2) is 4.87. The van der Waals surface area contributed by atoms with Crippen molar-refractivity contribution in [3.8, 4) is 0 Å². The first-order valence-electron chi connectivity index (χ1n) is 6.10. The molecule has 0 bridgehead atoms. The summed E-state index contributed by atoms with van der Waals surface area (Å²) in [6.07, 6.45) is 3.00. The Hall–Kier alpha value is -1.36. The number of oxazole rings is 1. The second-order valence-electron chi connectivity index (χ2n) is 4.62. The van der Waals surface area contributed by atoms with Crippen LogP contribution in [0.3, 0.4) is 0 Å². The van der Waals surface area contributed by atoms with Gasteiger partial charge in [0, 0.05) is 19.0 Å². The molecule has 94 valence electrons. The van der Waals surface area contributed by atoms with Gasteiger partial charge in [0.25, 0.3) is 5.91 Å². The fraction of sp³-hybridized carbons (Fsp3) is 0.667. The van der Waals surface area contributed by atoms with E-state index in [9.17, 15) is 4.79 Å². The van der Waals surface area contributed by atoms with Gasteiger partial charge in [-0.25, -0.2) is 4.98 Å². The lowest BCUT2D eigenvalue weighted by molar-refractivity contribution is 0.0736. The molecule has 2 rings (SSSR count). The van der Waals surface area contributed by atoms with Gasteiger partial charge in [-0.15, -0.1) is 0 Å². The van der Waals surface area contributed by atoms with Crippen molar-refractivity contribution in [1.29, 1.82) is 0 Å². The molecule has 2 atom stereocenters. The predicted molar refractivity (Wildman–Crippen MR) is 63.5 cm³/mol. The number of nitrogens with two attached hydrogens (primary N) is 1. The highest BCUT2D eigenvalue weighted by Crippen LogP contribution is 2.24. The summed E-state index contributed by atoms with van der Waals surface area (Å²) in [5.41, 5.74) is 6.12. The zero-order valence-electron chi connectivity index (χ0n) is 10.3. The van der Waals surface area contributed by atoms with E-state index in [4.69, 9.17) is 10.2 Å². The molecule has 0 radical (unpaired) electrons. The van der Waals surface area contributed by atoms with Crippen molar-refractivity contribution in [2.75, 3.05) is 13.1 Å². The number of nitrogens with zero attached hydrogens (tertiary/aromatic N) is 2. The van der Waals surface area contributed by atoms with Crippen molar-refractivity contribution in [2.45, 2.75) is 32.7 Å². The fourth-order valence-corrected chi connectivity index (χ4v) is 2.43. The van der Waals surface area contributed by atoms with Crippen LogP contribution in [0.2, 0.25) is 0 Å². The average Bonchev–Trinajstić information content (AvgIpc) is 2.93. The van der Waals surface area contributed by atoms with Crippen LogP contribution >= 0.6 is 0 Å². The molecule has 17 heavy (non-hydrogen) atoms. The van der Waals surface area contributed by atoms with E-state index < -0.39 is 0 Å². The third kappa shape index (κ3) is 2.20. The molecule has 0 saturated carbocycles. The van der Waals surface area contributed by atoms with Crippen molar-refractivity contribution in [1.82, 2.24) is 9.88 Å². The average molecular weight is 237 g/mol. The van der Waals surface area contributed by atoms with Gasteiger partial charge in [0.15, 0.2) is 12.1 Å². The maximum atomic E-state index is 12.3. The lowest BCUT2D eigenvalue weighted by Gasteiger charge is -2.20. The third-order valence-electron chi connectivity index (χ3n) is 3.42. The second-order valence-corrected chi connectivity index (χ2v) is 4.62. The Kier molecular flexibility index (Phi) is 3.47. The molecular weight excluding hydrogens is 218 g/mol. The van der Waals surface area contributed by atoms with Gasteiger partial charge >= 0.3 is 0 Å². The van der Waals surface area contributed by atoms with Crippen molar-refractivity contribution < 1.29 is 9.21 Å². The molecule has 1 amide bonds. The van der Waals surface area contributed by atoms with Gasteiger partial charge in [0.2, 0.25) is 0 Å². The number of rotatable bonds is 3. The van der Waals surface area contributed by atoms with E-state index in [1.807, 2.05) is 11.8 Å². The number of amides is 1. The van der Waals surface area contributed by atoms with E-state index in [-0.39, 0.29) is 11.9 Å². The number of carbonyl (C=O) groups is 1. The number of hydrogen-bond acceptors (Lipinski definition) is 4. The molecule has 1 saturated heterocycles. The topological polar surface area (TPSA) is 72.4 Å². The lowest BCUT2D eigenvalue weighted by atomic mass is 10.1. The molecule has 5 nitrogen and oxygen atoms in total. The molecule has 2 heterocycles. The Bertz CT molecular complexity index is 402. The van der Waals surface area contributed by atoms with E-state index in [0.717, 1.165) is 13.0 Å². The number of carbonyl (C=O) groups excluding carboxylic acids is 1. The molecule has 5 heteroatoms. The fourth-order valence-electron chi connectivity index (χ4n) is 2.43.